The molecule has 1 aromatic rings. The Morgan fingerprint density at radius 2 is 1.81 bits per heavy atom. The number of carbonyl (C=O) groups excluding carboxylic acids is 1. The van der Waals surface area contributed by atoms with E-state index in [4.69, 9.17) is 4.74 Å². The lowest BCUT2D eigenvalue weighted by Gasteiger charge is -2.35. The minimum atomic E-state index is -1.52. The van der Waals surface area contributed by atoms with Crippen LogP contribution in [0.5, 0.6) is 0 Å². The summed E-state index contributed by atoms with van der Waals surface area (Å²) in [6.45, 7) is 1.82. The van der Waals surface area contributed by atoms with E-state index in [0.29, 0.717) is 12.0 Å². The van der Waals surface area contributed by atoms with Gasteiger partial charge in [-0.2, -0.15) is 10.5 Å². The molecule has 4 nitrogen and oxygen atoms in total. The van der Waals surface area contributed by atoms with Crippen LogP contribution < -0.4 is 0 Å². The second-order valence-electron chi connectivity index (χ2n) is 4.84. The lowest BCUT2D eigenvalue weighted by molar-refractivity contribution is -0.143. The summed E-state index contributed by atoms with van der Waals surface area (Å²) in [5, 5.41) is 19.7. The molecule has 0 N–H and O–H groups in total. The van der Waals surface area contributed by atoms with Gasteiger partial charge in [0.1, 0.15) is 6.07 Å². The smallest absolute Gasteiger partial charge is 0.379 e. The molecule has 0 fully saturated rings. The van der Waals surface area contributed by atoms with E-state index in [1.54, 1.807) is 36.8 Å². The lowest BCUT2D eigenvalue weighted by atomic mass is 9.69. The highest BCUT2D eigenvalue weighted by atomic mass is 32.2. The maximum atomic E-state index is 12.5. The molecule has 0 amide bonds. The van der Waals surface area contributed by atoms with Crippen molar-refractivity contribution >= 4 is 16.9 Å². The van der Waals surface area contributed by atoms with Gasteiger partial charge in [0.2, 0.25) is 0 Å². The van der Waals surface area contributed by atoms with Gasteiger partial charge in [0, 0.05) is 10.9 Å². The number of benzene rings is 1. The lowest BCUT2D eigenvalue weighted by Crippen LogP contribution is -2.60. The first-order valence-electron chi connectivity index (χ1n) is 6.51. The van der Waals surface area contributed by atoms with Crippen LogP contribution in [0.3, 0.4) is 0 Å². The van der Waals surface area contributed by atoms with Crippen LogP contribution in [-0.2, 0) is 25.8 Å². The van der Waals surface area contributed by atoms with Crippen molar-refractivity contribution in [3.8, 4) is 12.1 Å². The van der Waals surface area contributed by atoms with E-state index in [-0.39, 0.29) is 0 Å². The molecule has 0 saturated heterocycles. The van der Waals surface area contributed by atoms with Gasteiger partial charge in [0.15, 0.2) is 5.41 Å². The Hall–Kier alpha value is -1.98. The first-order valence-corrected chi connectivity index (χ1v) is 8.55. The number of nitriles is 2. The molecule has 0 radical (unpaired) electrons. The first kappa shape index (κ1) is 17.1. The van der Waals surface area contributed by atoms with Crippen LogP contribution >= 0.6 is 0 Å². The van der Waals surface area contributed by atoms with Crippen molar-refractivity contribution in [2.45, 2.75) is 23.5 Å². The zero-order chi connectivity index (χ0) is 16.1. The maximum Gasteiger partial charge on any atom is 0.379 e. The van der Waals surface area contributed by atoms with E-state index in [1.165, 1.54) is 7.11 Å². The van der Waals surface area contributed by atoms with Crippen LogP contribution in [0.4, 0.5) is 0 Å². The van der Waals surface area contributed by atoms with Crippen LogP contribution in [0.1, 0.15) is 18.9 Å². The summed E-state index contributed by atoms with van der Waals surface area (Å²) >= 11 is 0. The molecule has 2 unspecified atom stereocenters. The van der Waals surface area contributed by atoms with Gasteiger partial charge in [0.25, 0.3) is 0 Å². The van der Waals surface area contributed by atoms with Crippen molar-refractivity contribution in [3.63, 3.8) is 0 Å². The van der Waals surface area contributed by atoms with Crippen LogP contribution in [-0.4, -0.2) is 30.3 Å². The Kier molecular flexibility index (Phi) is 5.41. The number of esters is 1. The Bertz CT molecular complexity index is 589. The van der Waals surface area contributed by atoms with Crippen molar-refractivity contribution < 1.29 is 9.53 Å². The zero-order valence-electron chi connectivity index (χ0n) is 12.7. The predicted octanol–water partition coefficient (Wildman–Crippen LogP) is 2.17. The van der Waals surface area contributed by atoms with Crippen LogP contribution in [0.25, 0.3) is 0 Å². The van der Waals surface area contributed by atoms with Gasteiger partial charge in [-0.1, -0.05) is 37.3 Å². The third-order valence-electron chi connectivity index (χ3n) is 3.83. The highest BCUT2D eigenvalue weighted by Crippen LogP contribution is 2.44. The van der Waals surface area contributed by atoms with E-state index in [9.17, 15) is 15.3 Å². The summed E-state index contributed by atoms with van der Waals surface area (Å²) < 4.78 is 3.37. The highest BCUT2D eigenvalue weighted by molar-refractivity contribution is 7.98. The molecule has 110 valence electrons. The van der Waals surface area contributed by atoms with E-state index < -0.39 is 27.0 Å². The van der Waals surface area contributed by atoms with E-state index in [0.717, 1.165) is 0 Å². The quantitative estimate of drug-likeness (QED) is 0.617. The second-order valence-corrected chi connectivity index (χ2v) is 7.08. The molecule has 21 heavy (non-hydrogen) atoms. The topological polar surface area (TPSA) is 73.9 Å². The Labute approximate surface area is 128 Å². The van der Waals surface area contributed by atoms with Crippen LogP contribution in [0.2, 0.25) is 0 Å². The second kappa shape index (κ2) is 6.65. The summed E-state index contributed by atoms with van der Waals surface area (Å²) in [5.41, 5.74) is -0.564. The molecule has 2 atom stereocenters. The molecule has 0 aliphatic rings. The van der Waals surface area contributed by atoms with Crippen molar-refractivity contribution in [1.29, 1.82) is 10.5 Å². The molecule has 1 rings (SSSR count). The third kappa shape index (κ3) is 2.39. The number of rotatable bonds is 5. The van der Waals surface area contributed by atoms with Crippen LogP contribution in [0.15, 0.2) is 30.3 Å². The zero-order valence-corrected chi connectivity index (χ0v) is 13.5. The summed E-state index contributed by atoms with van der Waals surface area (Å²) in [4.78, 5) is 12.5. The standard InChI is InChI=1S/C16H19N2O2S/c1-5-15(11-17,13-9-7-6-8-10-13)16(12-18,21(3)4)14(19)20-2/h6-10H,5H2,1-4H3/q+1. The predicted molar refractivity (Wildman–Crippen MR) is 83.6 cm³/mol. The van der Waals surface area contributed by atoms with E-state index >= 15 is 0 Å². The van der Waals surface area contributed by atoms with Crippen molar-refractivity contribution in [1.82, 2.24) is 0 Å². The largest absolute Gasteiger partial charge is 0.464 e. The highest BCUT2D eigenvalue weighted by Gasteiger charge is 2.68. The molecule has 0 bridgehead atoms. The molecule has 0 aliphatic carbocycles. The molecule has 5 heteroatoms. The average Bonchev–Trinajstić information content (AvgIpc) is 2.52. The SMILES string of the molecule is CCC(C#N)(c1ccccc1)C(C#N)(C(=O)OC)[S+](C)C. The Morgan fingerprint density at radius 3 is 2.14 bits per heavy atom. The molecule has 0 saturated carbocycles. The molecule has 0 aliphatic heterocycles. The summed E-state index contributed by atoms with van der Waals surface area (Å²) in [6.07, 6.45) is 3.94. The average molecular weight is 303 g/mol. The Morgan fingerprint density at radius 1 is 1.24 bits per heavy atom. The van der Waals surface area contributed by atoms with Crippen molar-refractivity contribution in [3.05, 3.63) is 35.9 Å². The van der Waals surface area contributed by atoms with Gasteiger partial charge in [-0.05, 0) is 12.0 Å². The summed E-state index contributed by atoms with van der Waals surface area (Å²) in [7, 11) is 0.584. The third-order valence-corrected chi connectivity index (χ3v) is 5.66. The minimum absolute atomic E-state index is 0.349. The number of hydrogen-bond acceptors (Lipinski definition) is 4. The minimum Gasteiger partial charge on any atom is -0.464 e. The molecular formula is C16H19N2O2S+. The molecule has 0 heterocycles. The van der Waals surface area contributed by atoms with Gasteiger partial charge < -0.3 is 4.74 Å². The Balaban J connectivity index is 3.76. The molecule has 1 aromatic carbocycles. The fraction of sp³-hybridized carbons (Fsp3) is 0.438. The summed E-state index contributed by atoms with van der Waals surface area (Å²) in [5.74, 6) is -0.648. The van der Waals surface area contributed by atoms with Gasteiger partial charge in [-0.15, -0.1) is 0 Å². The van der Waals surface area contributed by atoms with Gasteiger partial charge >= 0.3 is 10.7 Å². The number of methoxy groups -OCH3 is 1. The maximum absolute atomic E-state index is 12.5. The fourth-order valence-corrected chi connectivity index (χ4v) is 4.27. The van der Waals surface area contributed by atoms with Crippen molar-refractivity contribution in [2.75, 3.05) is 19.6 Å². The first-order chi connectivity index (χ1) is 9.96. The van der Waals surface area contributed by atoms with Gasteiger partial charge in [0.05, 0.1) is 25.7 Å². The molecule has 0 aromatic heterocycles. The van der Waals surface area contributed by atoms with Crippen molar-refractivity contribution in [2.24, 2.45) is 0 Å². The number of nitrogens with zero attached hydrogens (tertiary/aromatic N) is 2. The number of carbonyl (C=O) groups is 1. The number of ether oxygens (including phenoxy) is 1. The normalized spacial score (nSPS) is 16.1. The van der Waals surface area contributed by atoms with Gasteiger partial charge in [-0.3, -0.25) is 0 Å². The molecular weight excluding hydrogens is 284 g/mol. The summed E-state index contributed by atoms with van der Waals surface area (Å²) in [6, 6.07) is 13.4. The monoisotopic (exact) mass is 303 g/mol. The van der Waals surface area contributed by atoms with Crippen LogP contribution in [0, 0.1) is 22.7 Å². The number of hydrogen-bond donors (Lipinski definition) is 0. The fourth-order valence-electron chi connectivity index (χ4n) is 2.67. The van der Waals surface area contributed by atoms with E-state index in [2.05, 4.69) is 12.1 Å². The molecule has 0 spiro atoms. The van der Waals surface area contributed by atoms with E-state index in [1.807, 2.05) is 13.0 Å². The van der Waals surface area contributed by atoms with Gasteiger partial charge in [-0.25, -0.2) is 4.79 Å².